The molecule has 3 aromatic rings. The van der Waals surface area contributed by atoms with E-state index in [1.165, 1.54) is 23.3 Å². The maximum atomic E-state index is 13.7. The van der Waals surface area contributed by atoms with E-state index in [0.717, 1.165) is 71.3 Å². The largest absolute Gasteiger partial charge is 0.497 e. The number of thiophene rings is 1. The molecule has 2 aromatic heterocycles. The van der Waals surface area contributed by atoms with Gasteiger partial charge < -0.3 is 9.47 Å². The topological polar surface area (TPSA) is 53.4 Å². The molecular weight excluding hydrogens is 416 g/mol. The molecule has 3 heterocycles. The van der Waals surface area contributed by atoms with Crippen LogP contribution in [-0.4, -0.2) is 35.1 Å². The number of thioether (sulfide) groups is 1. The number of benzene rings is 1. The molecule has 0 amide bonds. The van der Waals surface area contributed by atoms with Gasteiger partial charge in [-0.2, -0.15) is 0 Å². The van der Waals surface area contributed by atoms with Gasteiger partial charge in [-0.05, 0) is 74.8 Å². The quantitative estimate of drug-likeness (QED) is 0.411. The maximum Gasteiger partial charge on any atom is 0.267 e. The van der Waals surface area contributed by atoms with Crippen molar-refractivity contribution in [3.8, 4) is 11.4 Å². The lowest BCUT2D eigenvalue weighted by Crippen LogP contribution is -2.24. The molecule has 0 N–H and O–H groups in total. The fourth-order valence-corrected chi connectivity index (χ4v) is 6.73. The highest BCUT2D eigenvalue weighted by Gasteiger charge is 2.24. The van der Waals surface area contributed by atoms with E-state index in [2.05, 4.69) is 0 Å². The van der Waals surface area contributed by atoms with E-state index < -0.39 is 0 Å². The van der Waals surface area contributed by atoms with Gasteiger partial charge in [0.15, 0.2) is 5.16 Å². The van der Waals surface area contributed by atoms with E-state index in [1.807, 2.05) is 24.3 Å². The third-order valence-electron chi connectivity index (χ3n) is 5.96. The first-order chi connectivity index (χ1) is 14.7. The third kappa shape index (κ3) is 3.79. The highest BCUT2D eigenvalue weighted by atomic mass is 32.2. The van der Waals surface area contributed by atoms with Gasteiger partial charge in [0.1, 0.15) is 10.6 Å². The summed E-state index contributed by atoms with van der Waals surface area (Å²) in [5.41, 5.74) is 2.11. The monoisotopic (exact) mass is 442 g/mol. The van der Waals surface area contributed by atoms with E-state index in [1.54, 1.807) is 34.8 Å². The molecule has 30 heavy (non-hydrogen) atoms. The Hall–Kier alpha value is -1.83. The zero-order valence-corrected chi connectivity index (χ0v) is 18.8. The van der Waals surface area contributed by atoms with E-state index in [-0.39, 0.29) is 11.7 Å². The van der Waals surface area contributed by atoms with Crippen LogP contribution in [0.4, 0.5) is 0 Å². The molecule has 2 aliphatic rings. The van der Waals surface area contributed by atoms with E-state index >= 15 is 0 Å². The normalized spacial score (nSPS) is 19.0. The summed E-state index contributed by atoms with van der Waals surface area (Å²) >= 11 is 3.35. The summed E-state index contributed by atoms with van der Waals surface area (Å²) in [6, 6.07) is 7.67. The Balaban J connectivity index is 1.60. The number of hydrogen-bond donors (Lipinski definition) is 0. The van der Waals surface area contributed by atoms with Gasteiger partial charge in [0.05, 0.1) is 24.3 Å². The Bertz CT molecular complexity index is 1100. The van der Waals surface area contributed by atoms with Crippen LogP contribution in [0.1, 0.15) is 42.5 Å². The molecule has 1 aliphatic carbocycles. The van der Waals surface area contributed by atoms with Crippen molar-refractivity contribution in [2.24, 2.45) is 0 Å². The van der Waals surface area contributed by atoms with Crippen molar-refractivity contribution in [2.45, 2.75) is 56.2 Å². The average molecular weight is 443 g/mol. The van der Waals surface area contributed by atoms with Crippen molar-refractivity contribution < 1.29 is 9.47 Å². The smallest absolute Gasteiger partial charge is 0.267 e. The molecule has 1 atom stereocenters. The van der Waals surface area contributed by atoms with Crippen LogP contribution < -0.4 is 10.3 Å². The van der Waals surface area contributed by atoms with Crippen LogP contribution in [-0.2, 0) is 17.6 Å². The molecule has 0 bridgehead atoms. The lowest BCUT2D eigenvalue weighted by Gasteiger charge is -2.22. The lowest BCUT2D eigenvalue weighted by molar-refractivity contribution is 0.0315. The second-order valence-corrected chi connectivity index (χ2v) is 9.99. The molecule has 5 rings (SSSR count). The SMILES string of the molecule is COc1ccc(-n2c(SC[C@@H]3CCCCO3)nc3sc4c(c3c2=O)CCCC4)cc1. The zero-order chi connectivity index (χ0) is 20.5. The van der Waals surface area contributed by atoms with Crippen molar-refractivity contribution in [3.63, 3.8) is 0 Å². The van der Waals surface area contributed by atoms with Gasteiger partial charge in [-0.3, -0.25) is 9.36 Å². The zero-order valence-electron chi connectivity index (χ0n) is 17.2. The maximum absolute atomic E-state index is 13.7. The molecular formula is C23H26N2O3S2. The molecule has 1 saturated heterocycles. The first-order valence-electron chi connectivity index (χ1n) is 10.7. The Labute approximate surface area is 184 Å². The standard InChI is InChI=1S/C23H26N2O3S2/c1-27-16-11-9-15(10-12-16)25-22(26)20-18-7-2-3-8-19(18)30-21(20)24-23(25)29-14-17-6-4-5-13-28-17/h9-12,17H,2-8,13-14H2,1H3/t17-/m0/s1. The molecule has 1 fully saturated rings. The van der Waals surface area contributed by atoms with Crippen molar-refractivity contribution in [2.75, 3.05) is 19.5 Å². The summed E-state index contributed by atoms with van der Waals surface area (Å²) in [4.78, 5) is 21.0. The van der Waals surface area contributed by atoms with E-state index in [9.17, 15) is 4.79 Å². The highest BCUT2D eigenvalue weighted by molar-refractivity contribution is 7.99. The summed E-state index contributed by atoms with van der Waals surface area (Å²) in [6.07, 6.45) is 8.06. The highest BCUT2D eigenvalue weighted by Crippen LogP contribution is 2.35. The van der Waals surface area contributed by atoms with Crippen molar-refractivity contribution >= 4 is 33.3 Å². The average Bonchev–Trinajstić information content (AvgIpc) is 3.17. The molecule has 5 nitrogen and oxygen atoms in total. The van der Waals surface area contributed by atoms with Crippen LogP contribution in [0.15, 0.2) is 34.2 Å². The Morgan fingerprint density at radius 2 is 2.03 bits per heavy atom. The number of hydrogen-bond acceptors (Lipinski definition) is 6. The van der Waals surface area contributed by atoms with Gasteiger partial charge in [0, 0.05) is 17.2 Å². The Kier molecular flexibility index (Phi) is 5.85. The Morgan fingerprint density at radius 1 is 1.20 bits per heavy atom. The predicted octanol–water partition coefficient (Wildman–Crippen LogP) is 5.00. The molecule has 7 heteroatoms. The van der Waals surface area contributed by atoms with Crippen LogP contribution in [0.5, 0.6) is 5.75 Å². The summed E-state index contributed by atoms with van der Waals surface area (Å²) in [7, 11) is 1.65. The predicted molar refractivity (Wildman–Crippen MR) is 123 cm³/mol. The molecule has 0 radical (unpaired) electrons. The van der Waals surface area contributed by atoms with Crippen LogP contribution >= 0.6 is 23.1 Å². The van der Waals surface area contributed by atoms with Crippen LogP contribution in [0.3, 0.4) is 0 Å². The number of nitrogens with zero attached hydrogens (tertiary/aromatic N) is 2. The minimum atomic E-state index is 0.0524. The van der Waals surface area contributed by atoms with Crippen molar-refractivity contribution in [1.29, 1.82) is 0 Å². The number of aromatic nitrogens is 2. The lowest BCUT2D eigenvalue weighted by atomic mass is 9.97. The van der Waals surface area contributed by atoms with Crippen LogP contribution in [0.25, 0.3) is 15.9 Å². The molecule has 158 valence electrons. The minimum absolute atomic E-state index is 0.0524. The second kappa shape index (κ2) is 8.73. The fourth-order valence-electron chi connectivity index (χ4n) is 4.35. The van der Waals surface area contributed by atoms with Crippen molar-refractivity contribution in [3.05, 3.63) is 45.1 Å². The first-order valence-corrected chi connectivity index (χ1v) is 12.5. The van der Waals surface area contributed by atoms with Crippen LogP contribution in [0, 0.1) is 0 Å². The van der Waals surface area contributed by atoms with Gasteiger partial charge in [0.2, 0.25) is 0 Å². The molecule has 0 unspecified atom stereocenters. The molecule has 0 spiro atoms. The van der Waals surface area contributed by atoms with Gasteiger partial charge in [-0.25, -0.2) is 4.98 Å². The van der Waals surface area contributed by atoms with Gasteiger partial charge in [-0.15, -0.1) is 11.3 Å². The third-order valence-corrected chi connectivity index (χ3v) is 8.22. The fraction of sp³-hybridized carbons (Fsp3) is 0.478. The minimum Gasteiger partial charge on any atom is -0.497 e. The first kappa shape index (κ1) is 20.1. The van der Waals surface area contributed by atoms with Crippen molar-refractivity contribution in [1.82, 2.24) is 9.55 Å². The number of fused-ring (bicyclic) bond motifs is 3. The van der Waals surface area contributed by atoms with Crippen LogP contribution in [0.2, 0.25) is 0 Å². The number of aryl methyl sites for hydroxylation is 2. The summed E-state index contributed by atoms with van der Waals surface area (Å²) in [5.74, 6) is 1.60. The van der Waals surface area contributed by atoms with E-state index in [0.29, 0.717) is 0 Å². The summed E-state index contributed by atoms with van der Waals surface area (Å²) in [6.45, 7) is 0.834. The summed E-state index contributed by atoms with van der Waals surface area (Å²) in [5, 5.41) is 1.58. The van der Waals surface area contributed by atoms with Gasteiger partial charge in [-0.1, -0.05) is 11.8 Å². The number of ether oxygens (including phenoxy) is 2. The molecule has 1 aliphatic heterocycles. The molecule has 0 saturated carbocycles. The second-order valence-electron chi connectivity index (χ2n) is 7.92. The summed E-state index contributed by atoms with van der Waals surface area (Å²) < 4.78 is 13.0. The van der Waals surface area contributed by atoms with E-state index in [4.69, 9.17) is 14.5 Å². The number of rotatable bonds is 5. The van der Waals surface area contributed by atoms with Gasteiger partial charge in [0.25, 0.3) is 5.56 Å². The van der Waals surface area contributed by atoms with Gasteiger partial charge >= 0.3 is 0 Å². The molecule has 1 aromatic carbocycles. The number of methoxy groups -OCH3 is 1. The Morgan fingerprint density at radius 3 is 2.80 bits per heavy atom.